The lowest BCUT2D eigenvalue weighted by Crippen LogP contribution is -2.55. The number of carbonyl (C=O) groups is 1. The molecule has 2 aliphatic rings. The van der Waals surface area contributed by atoms with E-state index in [-0.39, 0.29) is 47.9 Å². The first-order chi connectivity index (χ1) is 19.9. The number of likely N-dealkylation sites (tertiary alicyclic amines) is 1. The van der Waals surface area contributed by atoms with Crippen LogP contribution >= 0.6 is 0 Å². The van der Waals surface area contributed by atoms with E-state index in [0.717, 1.165) is 24.1 Å². The van der Waals surface area contributed by atoms with Crippen molar-refractivity contribution in [3.8, 4) is 23.5 Å². The van der Waals surface area contributed by atoms with E-state index in [0.29, 0.717) is 30.9 Å². The van der Waals surface area contributed by atoms with E-state index in [9.17, 15) is 19.2 Å². The minimum absolute atomic E-state index is 0.00424. The molecule has 5 rings (SSSR count). The van der Waals surface area contributed by atoms with Crippen LogP contribution in [0.25, 0.3) is 16.6 Å². The lowest BCUT2D eigenvalue weighted by molar-refractivity contribution is -0.128. The van der Waals surface area contributed by atoms with Gasteiger partial charge in [0.1, 0.15) is 29.4 Å². The molecule has 12 nitrogen and oxygen atoms in total. The molecule has 3 aromatic rings. The molecule has 2 aromatic heterocycles. The molecule has 0 bridgehead atoms. The molecular weight excluding hydrogens is 531 g/mol. The smallest absolute Gasteiger partial charge is 0.319 e. The molecule has 1 amide bonds. The predicted molar refractivity (Wildman–Crippen MR) is 149 cm³/mol. The molecule has 2 atom stereocenters. The van der Waals surface area contributed by atoms with Crippen molar-refractivity contribution in [3.63, 3.8) is 0 Å². The van der Waals surface area contributed by atoms with Crippen molar-refractivity contribution in [2.24, 2.45) is 0 Å². The summed E-state index contributed by atoms with van der Waals surface area (Å²) in [7, 11) is 3.41. The van der Waals surface area contributed by atoms with E-state index in [4.69, 9.17) is 9.47 Å². The Balaban J connectivity index is 1.61. The van der Waals surface area contributed by atoms with E-state index in [1.165, 1.54) is 37.6 Å². The maximum Gasteiger partial charge on any atom is 0.319 e. The van der Waals surface area contributed by atoms with Crippen molar-refractivity contribution in [1.82, 2.24) is 29.5 Å². The first-order valence-electron chi connectivity index (χ1n) is 13.4. The monoisotopic (exact) mass is 562 g/mol. The minimum Gasteiger partial charge on any atom is -0.494 e. The average molecular weight is 563 g/mol. The summed E-state index contributed by atoms with van der Waals surface area (Å²) in [5, 5.41) is 14.0. The fourth-order valence-electron chi connectivity index (χ4n) is 5.41. The number of anilines is 1. The third-order valence-corrected chi connectivity index (χ3v) is 7.63. The van der Waals surface area contributed by atoms with Gasteiger partial charge in [0.2, 0.25) is 5.91 Å². The first kappa shape index (κ1) is 28.0. The fourth-order valence-corrected chi connectivity index (χ4v) is 5.41. The van der Waals surface area contributed by atoms with E-state index >= 15 is 0 Å². The van der Waals surface area contributed by atoms with Crippen LogP contribution in [0.5, 0.6) is 11.8 Å². The zero-order valence-electron chi connectivity index (χ0n) is 23.0. The second-order valence-electron chi connectivity index (χ2n) is 10.0. The van der Waals surface area contributed by atoms with Crippen molar-refractivity contribution >= 4 is 22.6 Å². The quantitative estimate of drug-likeness (QED) is 0.376. The number of ether oxygens (including phenoxy) is 2. The van der Waals surface area contributed by atoms with Crippen molar-refractivity contribution in [3.05, 3.63) is 53.2 Å². The number of benzene rings is 1. The highest BCUT2D eigenvalue weighted by molar-refractivity contribution is 5.90. The zero-order valence-corrected chi connectivity index (χ0v) is 23.0. The Kier molecular flexibility index (Phi) is 8.11. The number of para-hydroxylation sites is 1. The van der Waals surface area contributed by atoms with Gasteiger partial charge in [0, 0.05) is 25.7 Å². The van der Waals surface area contributed by atoms with Crippen LogP contribution in [0.15, 0.2) is 41.8 Å². The van der Waals surface area contributed by atoms with Crippen LogP contribution < -0.4 is 19.9 Å². The Bertz CT molecular complexity index is 1570. The number of methoxy groups -OCH3 is 1. The Hall–Kier alpha value is -4.57. The predicted octanol–water partition coefficient (Wildman–Crippen LogP) is 1.91. The number of aromatic nitrogens is 4. The summed E-state index contributed by atoms with van der Waals surface area (Å²) in [6.07, 6.45) is 4.77. The van der Waals surface area contributed by atoms with Gasteiger partial charge in [-0.05, 0) is 44.6 Å². The molecule has 13 heteroatoms. The standard InChI is InChI=1S/C28H31FN8O4/c1-4-23(38)36-14-13-35(16-18(36)10-11-30)26-20-15-31-37(25-21(29)8-5-9-22(25)40-3)27(39)24(20)32-28(33-26)41-17-19-7-6-12-34(19)2/h4-5,8-9,15,18-19H,1,6-7,10,12-14,16-17H2,2-3H3/t18-,19-/m0/s1. The van der Waals surface area contributed by atoms with Crippen LogP contribution in [0.1, 0.15) is 19.3 Å². The van der Waals surface area contributed by atoms with Crippen molar-refractivity contribution in [1.29, 1.82) is 5.26 Å². The van der Waals surface area contributed by atoms with Crippen LogP contribution in [0.3, 0.4) is 0 Å². The molecule has 0 unspecified atom stereocenters. The number of fused-ring (bicyclic) bond motifs is 1. The molecule has 0 spiro atoms. The number of carbonyl (C=O) groups excluding carboxylic acids is 1. The second-order valence-corrected chi connectivity index (χ2v) is 10.0. The van der Waals surface area contributed by atoms with E-state index in [1.54, 1.807) is 4.90 Å². The van der Waals surface area contributed by atoms with Gasteiger partial charge in [-0.2, -0.15) is 25.0 Å². The molecular formula is C28H31FN8O4. The van der Waals surface area contributed by atoms with Crippen LogP contribution in [0.2, 0.25) is 0 Å². The molecule has 0 N–H and O–H groups in total. The second kappa shape index (κ2) is 11.9. The van der Waals surface area contributed by atoms with E-state index in [2.05, 4.69) is 32.6 Å². The lowest BCUT2D eigenvalue weighted by Gasteiger charge is -2.41. The van der Waals surface area contributed by atoms with Crippen LogP contribution in [0.4, 0.5) is 10.2 Å². The summed E-state index contributed by atoms with van der Waals surface area (Å²) in [5.41, 5.74) is -0.819. The molecule has 1 aromatic carbocycles. The highest BCUT2D eigenvalue weighted by Gasteiger charge is 2.32. The number of hydrogen-bond acceptors (Lipinski definition) is 10. The van der Waals surface area contributed by atoms with Gasteiger partial charge in [0.05, 0.1) is 37.2 Å². The maximum absolute atomic E-state index is 14.9. The van der Waals surface area contributed by atoms with Gasteiger partial charge in [-0.1, -0.05) is 12.6 Å². The Morgan fingerprint density at radius 3 is 2.80 bits per heavy atom. The number of nitriles is 1. The summed E-state index contributed by atoms with van der Waals surface area (Å²) in [5.74, 6) is -0.423. The third kappa shape index (κ3) is 5.43. The molecule has 0 saturated carbocycles. The van der Waals surface area contributed by atoms with Gasteiger partial charge >= 0.3 is 6.01 Å². The zero-order chi connectivity index (χ0) is 29.1. The summed E-state index contributed by atoms with van der Waals surface area (Å²) < 4.78 is 27.2. The number of nitrogens with zero attached hydrogens (tertiary/aromatic N) is 8. The van der Waals surface area contributed by atoms with Crippen LogP contribution in [-0.4, -0.2) is 94.5 Å². The average Bonchev–Trinajstić information content (AvgIpc) is 3.40. The van der Waals surface area contributed by atoms with Crippen LogP contribution in [-0.2, 0) is 4.79 Å². The molecule has 4 heterocycles. The van der Waals surface area contributed by atoms with Crippen molar-refractivity contribution in [2.75, 3.05) is 51.8 Å². The SMILES string of the molecule is C=CC(=O)N1CCN(c2nc(OC[C@@H]3CCCN3C)nc3c(=O)n(-c4c(F)cccc4OC)ncc23)C[C@@H]1CC#N. The van der Waals surface area contributed by atoms with E-state index < -0.39 is 17.4 Å². The fraction of sp³-hybridized carbons (Fsp3) is 0.429. The number of piperazine rings is 1. The highest BCUT2D eigenvalue weighted by atomic mass is 19.1. The maximum atomic E-state index is 14.9. The van der Waals surface area contributed by atoms with Gasteiger partial charge in [-0.15, -0.1) is 0 Å². The summed E-state index contributed by atoms with van der Waals surface area (Å²) in [6, 6.07) is 6.14. The van der Waals surface area contributed by atoms with Crippen molar-refractivity contribution in [2.45, 2.75) is 31.3 Å². The minimum atomic E-state index is -0.685. The number of amides is 1. The number of likely N-dealkylation sites (N-methyl/N-ethyl adjacent to an activating group) is 1. The Morgan fingerprint density at radius 1 is 1.27 bits per heavy atom. The number of halogens is 1. The van der Waals surface area contributed by atoms with Gasteiger partial charge in [0.25, 0.3) is 5.56 Å². The van der Waals surface area contributed by atoms with Gasteiger partial charge < -0.3 is 24.2 Å². The van der Waals surface area contributed by atoms with Crippen LogP contribution in [0, 0.1) is 17.1 Å². The third-order valence-electron chi connectivity index (χ3n) is 7.63. The molecule has 2 saturated heterocycles. The first-order valence-corrected chi connectivity index (χ1v) is 13.4. The molecule has 41 heavy (non-hydrogen) atoms. The van der Waals surface area contributed by atoms with Gasteiger partial charge in [0.15, 0.2) is 5.82 Å². The lowest BCUT2D eigenvalue weighted by atomic mass is 10.1. The molecule has 2 aliphatic heterocycles. The topological polar surface area (TPSA) is 130 Å². The summed E-state index contributed by atoms with van der Waals surface area (Å²) in [4.78, 5) is 41.1. The van der Waals surface area contributed by atoms with Gasteiger partial charge in [-0.3, -0.25) is 9.59 Å². The van der Waals surface area contributed by atoms with E-state index in [1.807, 2.05) is 11.9 Å². The highest BCUT2D eigenvalue weighted by Crippen LogP contribution is 2.29. The van der Waals surface area contributed by atoms with Gasteiger partial charge in [-0.25, -0.2) is 4.39 Å². The largest absolute Gasteiger partial charge is 0.494 e. The number of hydrogen-bond donors (Lipinski definition) is 0. The number of rotatable bonds is 8. The summed E-state index contributed by atoms with van der Waals surface area (Å²) in [6.45, 7) is 5.86. The molecule has 0 aliphatic carbocycles. The van der Waals surface area contributed by atoms with Crippen molar-refractivity contribution < 1.29 is 18.7 Å². The normalized spacial score (nSPS) is 19.3. The molecule has 214 valence electrons. The summed E-state index contributed by atoms with van der Waals surface area (Å²) >= 11 is 0. The molecule has 2 fully saturated rings. The Morgan fingerprint density at radius 2 is 2.10 bits per heavy atom. The Labute approximate surface area is 236 Å². The molecule has 0 radical (unpaired) electrons.